The van der Waals surface area contributed by atoms with Gasteiger partial charge >= 0.3 is 0 Å². The molecule has 0 fully saturated rings. The third kappa shape index (κ3) is 1.96. The molecule has 0 aliphatic heterocycles. The second kappa shape index (κ2) is 4.51. The van der Waals surface area contributed by atoms with Gasteiger partial charge in [-0.15, -0.1) is 0 Å². The van der Waals surface area contributed by atoms with Crippen molar-refractivity contribution in [3.63, 3.8) is 0 Å². The molecular weight excluding hydrogens is 236 g/mol. The van der Waals surface area contributed by atoms with E-state index in [1.165, 1.54) is 0 Å². The Morgan fingerprint density at radius 3 is 2.65 bits per heavy atom. The highest BCUT2D eigenvalue weighted by molar-refractivity contribution is 6.32. The lowest BCUT2D eigenvalue weighted by Crippen LogP contribution is -2.02. The highest BCUT2D eigenvalue weighted by Gasteiger charge is 2.12. The van der Waals surface area contributed by atoms with Gasteiger partial charge < -0.3 is 10.5 Å². The fourth-order valence-electron chi connectivity index (χ4n) is 1.90. The summed E-state index contributed by atoms with van der Waals surface area (Å²) in [7, 11) is 1.62. The van der Waals surface area contributed by atoms with Gasteiger partial charge in [-0.25, -0.2) is 4.98 Å². The summed E-state index contributed by atoms with van der Waals surface area (Å²) in [5, 5.41) is 1.68. The molecule has 0 aliphatic carbocycles. The van der Waals surface area contributed by atoms with Crippen molar-refractivity contribution in [1.29, 1.82) is 0 Å². The molecule has 2 aromatic rings. The first kappa shape index (κ1) is 12.1. The molecule has 0 amide bonds. The minimum absolute atomic E-state index is 0.475. The molecule has 1 aromatic carbocycles. The van der Waals surface area contributed by atoms with E-state index in [0.717, 1.165) is 27.7 Å². The minimum Gasteiger partial charge on any atom is -0.494 e. The summed E-state index contributed by atoms with van der Waals surface area (Å²) in [4.78, 5) is 4.56. The van der Waals surface area contributed by atoms with Gasteiger partial charge in [-0.3, -0.25) is 0 Å². The lowest BCUT2D eigenvalue weighted by atomic mass is 10.0. The van der Waals surface area contributed by atoms with Crippen LogP contribution in [0.1, 0.15) is 16.8 Å². The number of ether oxygens (including phenoxy) is 1. The number of halogens is 1. The number of hydrogen-bond donors (Lipinski definition) is 1. The van der Waals surface area contributed by atoms with Crippen molar-refractivity contribution < 1.29 is 4.74 Å². The third-order valence-corrected chi connectivity index (χ3v) is 3.40. The van der Waals surface area contributed by atoms with Gasteiger partial charge in [0.15, 0.2) is 0 Å². The maximum atomic E-state index is 6.17. The average Bonchev–Trinajstić information content (AvgIpc) is 2.33. The molecule has 0 saturated carbocycles. The van der Waals surface area contributed by atoms with Crippen molar-refractivity contribution in [2.24, 2.45) is 5.73 Å². The van der Waals surface area contributed by atoms with E-state index in [0.29, 0.717) is 17.3 Å². The molecule has 4 heteroatoms. The van der Waals surface area contributed by atoms with Gasteiger partial charge in [0.25, 0.3) is 0 Å². The number of benzene rings is 1. The first-order valence-electron chi connectivity index (χ1n) is 5.42. The standard InChI is InChI=1S/C13H15ClN2O/c1-7-10-4-9(6-15)8(2)16-13(10)12(17-3)5-11(7)14/h4-5H,6,15H2,1-3H3. The monoisotopic (exact) mass is 250 g/mol. The molecule has 0 saturated heterocycles. The van der Waals surface area contributed by atoms with Crippen molar-refractivity contribution in [3.05, 3.63) is 34.0 Å². The Morgan fingerprint density at radius 2 is 2.06 bits per heavy atom. The average molecular weight is 251 g/mol. The summed E-state index contributed by atoms with van der Waals surface area (Å²) in [6.45, 7) is 4.40. The van der Waals surface area contributed by atoms with Crippen LogP contribution >= 0.6 is 11.6 Å². The Hall–Kier alpha value is -1.32. The fourth-order valence-corrected chi connectivity index (χ4v) is 2.10. The van der Waals surface area contributed by atoms with Gasteiger partial charge in [-0.05, 0) is 31.0 Å². The Balaban J connectivity index is 2.88. The van der Waals surface area contributed by atoms with Crippen molar-refractivity contribution in [2.75, 3.05) is 7.11 Å². The minimum atomic E-state index is 0.475. The van der Waals surface area contributed by atoms with Crippen LogP contribution in [0.5, 0.6) is 5.75 Å². The molecule has 0 spiro atoms. The highest BCUT2D eigenvalue weighted by atomic mass is 35.5. The Morgan fingerprint density at radius 1 is 1.35 bits per heavy atom. The number of hydrogen-bond acceptors (Lipinski definition) is 3. The van der Waals surface area contributed by atoms with Crippen LogP contribution in [0.25, 0.3) is 10.9 Å². The number of nitrogens with two attached hydrogens (primary N) is 1. The topological polar surface area (TPSA) is 48.1 Å². The van der Waals surface area contributed by atoms with Crippen LogP contribution in [-0.2, 0) is 6.54 Å². The molecule has 1 heterocycles. The van der Waals surface area contributed by atoms with E-state index in [4.69, 9.17) is 22.1 Å². The van der Waals surface area contributed by atoms with Crippen molar-refractivity contribution in [3.8, 4) is 5.75 Å². The number of rotatable bonds is 2. The second-order valence-corrected chi connectivity index (χ2v) is 4.43. The molecule has 0 unspecified atom stereocenters. The van der Waals surface area contributed by atoms with Gasteiger partial charge in [-0.1, -0.05) is 11.6 Å². The smallest absolute Gasteiger partial charge is 0.146 e. The Kier molecular flexibility index (Phi) is 3.22. The van der Waals surface area contributed by atoms with E-state index in [1.54, 1.807) is 13.2 Å². The maximum absolute atomic E-state index is 6.17. The first-order chi connectivity index (χ1) is 8.08. The van der Waals surface area contributed by atoms with Crippen LogP contribution in [0.2, 0.25) is 5.02 Å². The molecule has 0 atom stereocenters. The van der Waals surface area contributed by atoms with E-state index >= 15 is 0 Å². The number of fused-ring (bicyclic) bond motifs is 1. The highest BCUT2D eigenvalue weighted by Crippen LogP contribution is 2.33. The predicted octanol–water partition coefficient (Wildman–Crippen LogP) is 2.97. The van der Waals surface area contributed by atoms with Gasteiger partial charge in [0.1, 0.15) is 11.3 Å². The number of pyridine rings is 1. The largest absolute Gasteiger partial charge is 0.494 e. The lowest BCUT2D eigenvalue weighted by Gasteiger charge is -2.12. The van der Waals surface area contributed by atoms with Gasteiger partial charge in [-0.2, -0.15) is 0 Å². The van der Waals surface area contributed by atoms with Crippen LogP contribution in [-0.4, -0.2) is 12.1 Å². The zero-order chi connectivity index (χ0) is 12.6. The fraction of sp³-hybridized carbons (Fsp3) is 0.308. The SMILES string of the molecule is COc1cc(Cl)c(C)c2cc(CN)c(C)nc12. The molecular formula is C13H15ClN2O. The van der Waals surface area contributed by atoms with Gasteiger partial charge in [0.05, 0.1) is 7.11 Å². The van der Waals surface area contributed by atoms with E-state index in [-0.39, 0.29) is 0 Å². The van der Waals surface area contributed by atoms with E-state index in [2.05, 4.69) is 4.98 Å². The van der Waals surface area contributed by atoms with Crippen LogP contribution in [0.15, 0.2) is 12.1 Å². The van der Waals surface area contributed by atoms with Crippen molar-refractivity contribution >= 4 is 22.5 Å². The van der Waals surface area contributed by atoms with Crippen LogP contribution < -0.4 is 10.5 Å². The third-order valence-electron chi connectivity index (χ3n) is 3.01. The predicted molar refractivity (Wildman–Crippen MR) is 70.7 cm³/mol. The zero-order valence-corrected chi connectivity index (χ0v) is 10.9. The maximum Gasteiger partial charge on any atom is 0.146 e. The van der Waals surface area contributed by atoms with Gasteiger partial charge in [0, 0.05) is 28.7 Å². The normalized spacial score (nSPS) is 10.9. The number of methoxy groups -OCH3 is 1. The van der Waals surface area contributed by atoms with Crippen LogP contribution in [0, 0.1) is 13.8 Å². The van der Waals surface area contributed by atoms with Gasteiger partial charge in [0.2, 0.25) is 0 Å². The summed E-state index contributed by atoms with van der Waals surface area (Å²) in [6, 6.07) is 3.84. The van der Waals surface area contributed by atoms with Crippen LogP contribution in [0.3, 0.4) is 0 Å². The Bertz CT molecular complexity index is 581. The first-order valence-corrected chi connectivity index (χ1v) is 5.79. The molecule has 90 valence electrons. The second-order valence-electron chi connectivity index (χ2n) is 4.02. The number of nitrogens with zero attached hydrogens (tertiary/aromatic N) is 1. The van der Waals surface area contributed by atoms with Crippen molar-refractivity contribution in [2.45, 2.75) is 20.4 Å². The number of aryl methyl sites for hydroxylation is 2. The molecule has 3 nitrogen and oxygen atoms in total. The van der Waals surface area contributed by atoms with E-state index < -0.39 is 0 Å². The molecule has 0 radical (unpaired) electrons. The molecule has 0 bridgehead atoms. The van der Waals surface area contributed by atoms with E-state index in [1.807, 2.05) is 19.9 Å². The molecule has 1 aromatic heterocycles. The quantitative estimate of drug-likeness (QED) is 0.892. The molecule has 2 rings (SSSR count). The summed E-state index contributed by atoms with van der Waals surface area (Å²) in [6.07, 6.45) is 0. The molecule has 2 N–H and O–H groups in total. The summed E-state index contributed by atoms with van der Waals surface area (Å²) < 4.78 is 5.31. The van der Waals surface area contributed by atoms with Crippen LogP contribution in [0.4, 0.5) is 0 Å². The zero-order valence-electron chi connectivity index (χ0n) is 10.2. The summed E-state index contributed by atoms with van der Waals surface area (Å²) >= 11 is 6.17. The summed E-state index contributed by atoms with van der Waals surface area (Å²) in [5.74, 6) is 0.697. The Labute approximate surface area is 106 Å². The number of aromatic nitrogens is 1. The molecule has 17 heavy (non-hydrogen) atoms. The van der Waals surface area contributed by atoms with Crippen molar-refractivity contribution in [1.82, 2.24) is 4.98 Å². The lowest BCUT2D eigenvalue weighted by molar-refractivity contribution is 0.419. The van der Waals surface area contributed by atoms with E-state index in [9.17, 15) is 0 Å². The summed E-state index contributed by atoms with van der Waals surface area (Å²) in [5.41, 5.74) is 9.50. The molecule has 0 aliphatic rings.